The number of aryl methyl sites for hydroxylation is 2. The summed E-state index contributed by atoms with van der Waals surface area (Å²) >= 11 is 0. The topological polar surface area (TPSA) is 103 Å². The lowest BCUT2D eigenvalue weighted by Gasteiger charge is -2.28. The number of morpholine rings is 1. The summed E-state index contributed by atoms with van der Waals surface area (Å²) in [7, 11) is 1.60. The second-order valence-electron chi connectivity index (χ2n) is 5.85. The number of carbonyl (C=O) groups excluding carboxylic acids is 1. The Morgan fingerprint density at radius 1 is 1.32 bits per heavy atom. The average Bonchev–Trinajstić information content (AvgIpc) is 3.01. The Hall–Kier alpha value is -2.26. The fraction of sp³-hybridized carbons (Fsp3) is 0.625. The summed E-state index contributed by atoms with van der Waals surface area (Å²) in [5.74, 6) is 1.33. The quantitative estimate of drug-likeness (QED) is 0.719. The van der Waals surface area contributed by atoms with Gasteiger partial charge in [0.15, 0.2) is 0 Å². The number of hydrogen-bond donors (Lipinski definition) is 1. The van der Waals surface area contributed by atoms with Crippen LogP contribution in [-0.4, -0.2) is 67.6 Å². The first-order chi connectivity index (χ1) is 12.2. The van der Waals surface area contributed by atoms with Gasteiger partial charge in [0.25, 0.3) is 5.71 Å². The zero-order valence-electron chi connectivity index (χ0n) is 14.6. The average molecular weight is 349 g/mol. The molecule has 0 aliphatic carbocycles. The highest BCUT2D eigenvalue weighted by Crippen LogP contribution is 2.27. The lowest BCUT2D eigenvalue weighted by atomic mass is 10.2. The molecule has 0 bridgehead atoms. The van der Waals surface area contributed by atoms with Crippen molar-refractivity contribution in [2.45, 2.75) is 19.8 Å². The maximum Gasteiger partial charge on any atom is 0.263 e. The van der Waals surface area contributed by atoms with Crippen molar-refractivity contribution in [3.63, 3.8) is 0 Å². The fourth-order valence-corrected chi connectivity index (χ4v) is 2.73. The summed E-state index contributed by atoms with van der Waals surface area (Å²) < 4.78 is 15.7. The van der Waals surface area contributed by atoms with E-state index >= 15 is 0 Å². The van der Waals surface area contributed by atoms with Gasteiger partial charge in [-0.1, -0.05) is 5.16 Å². The maximum absolute atomic E-state index is 11.9. The molecule has 2 aromatic heterocycles. The first kappa shape index (κ1) is 17.6. The molecule has 3 heterocycles. The Morgan fingerprint density at radius 2 is 2.12 bits per heavy atom. The van der Waals surface area contributed by atoms with E-state index in [2.05, 4.69) is 25.3 Å². The molecule has 0 spiro atoms. The molecule has 9 nitrogen and oxygen atoms in total. The van der Waals surface area contributed by atoms with Crippen molar-refractivity contribution in [3.8, 4) is 0 Å². The van der Waals surface area contributed by atoms with Crippen LogP contribution in [-0.2, 0) is 20.7 Å². The van der Waals surface area contributed by atoms with Gasteiger partial charge in [0.1, 0.15) is 17.0 Å². The molecule has 1 N–H and O–H groups in total. The van der Waals surface area contributed by atoms with Crippen LogP contribution in [0.25, 0.3) is 11.1 Å². The maximum atomic E-state index is 11.9. The van der Waals surface area contributed by atoms with Gasteiger partial charge in [-0.2, -0.15) is 4.98 Å². The van der Waals surface area contributed by atoms with Crippen LogP contribution in [0.2, 0.25) is 0 Å². The van der Waals surface area contributed by atoms with Crippen LogP contribution in [0, 0.1) is 6.92 Å². The second kappa shape index (κ2) is 8.21. The van der Waals surface area contributed by atoms with E-state index in [9.17, 15) is 4.79 Å². The van der Waals surface area contributed by atoms with Crippen LogP contribution in [0.4, 0.5) is 5.82 Å². The smallest absolute Gasteiger partial charge is 0.263 e. The normalized spacial score (nSPS) is 14.9. The Morgan fingerprint density at radius 3 is 2.88 bits per heavy atom. The third kappa shape index (κ3) is 4.23. The fourth-order valence-electron chi connectivity index (χ4n) is 2.73. The number of amides is 1. The van der Waals surface area contributed by atoms with Crippen LogP contribution < -0.4 is 10.2 Å². The van der Waals surface area contributed by atoms with E-state index in [1.54, 1.807) is 7.11 Å². The zero-order valence-corrected chi connectivity index (χ0v) is 14.6. The minimum absolute atomic E-state index is 0.0533. The van der Waals surface area contributed by atoms with Crippen LogP contribution in [0.3, 0.4) is 0 Å². The highest BCUT2D eigenvalue weighted by atomic mass is 16.5. The number of nitrogens with one attached hydrogen (secondary N) is 1. The number of aromatic nitrogens is 3. The largest absolute Gasteiger partial charge is 0.383 e. The Bertz CT molecular complexity index is 727. The molecule has 0 aromatic carbocycles. The van der Waals surface area contributed by atoms with Crippen LogP contribution >= 0.6 is 0 Å². The van der Waals surface area contributed by atoms with E-state index in [1.807, 2.05) is 6.92 Å². The van der Waals surface area contributed by atoms with Crippen LogP contribution in [0.5, 0.6) is 0 Å². The predicted octanol–water partition coefficient (Wildman–Crippen LogP) is 0.458. The van der Waals surface area contributed by atoms with E-state index in [0.717, 1.165) is 30.0 Å². The Kier molecular flexibility index (Phi) is 5.77. The molecular formula is C16H23N5O4. The van der Waals surface area contributed by atoms with E-state index in [1.165, 1.54) is 0 Å². The standard InChI is InChI=1S/C16H23N5O4/c1-11-14-15(21-6-9-24-10-7-21)18-12(19-16(14)25-20-11)3-4-13(22)17-5-8-23-2/h3-10H2,1-2H3,(H,17,22). The van der Waals surface area contributed by atoms with Gasteiger partial charge in [-0.3, -0.25) is 4.79 Å². The summed E-state index contributed by atoms with van der Waals surface area (Å²) in [6.07, 6.45) is 0.747. The van der Waals surface area contributed by atoms with E-state index in [-0.39, 0.29) is 5.91 Å². The summed E-state index contributed by atoms with van der Waals surface area (Å²) in [6, 6.07) is 0. The SMILES string of the molecule is COCCNC(=O)CCc1nc(N2CCOCC2)c2c(C)noc2n1. The zero-order chi connectivity index (χ0) is 17.6. The summed E-state index contributed by atoms with van der Waals surface area (Å²) in [5, 5.41) is 7.63. The number of rotatable bonds is 7. The van der Waals surface area contributed by atoms with Crippen molar-refractivity contribution in [2.75, 3.05) is 51.5 Å². The van der Waals surface area contributed by atoms with Gasteiger partial charge in [-0.15, -0.1) is 0 Å². The first-order valence-electron chi connectivity index (χ1n) is 8.40. The molecular weight excluding hydrogens is 326 g/mol. The summed E-state index contributed by atoms with van der Waals surface area (Å²) in [5.41, 5.74) is 1.23. The highest BCUT2D eigenvalue weighted by Gasteiger charge is 2.21. The summed E-state index contributed by atoms with van der Waals surface area (Å²) in [6.45, 7) is 5.70. The number of nitrogens with zero attached hydrogens (tertiary/aromatic N) is 4. The molecule has 0 atom stereocenters. The lowest BCUT2D eigenvalue weighted by Crippen LogP contribution is -2.37. The minimum Gasteiger partial charge on any atom is -0.383 e. The van der Waals surface area contributed by atoms with Gasteiger partial charge in [0.05, 0.1) is 25.5 Å². The van der Waals surface area contributed by atoms with Crippen molar-refractivity contribution in [2.24, 2.45) is 0 Å². The number of carbonyl (C=O) groups is 1. The van der Waals surface area contributed by atoms with Crippen molar-refractivity contribution in [1.29, 1.82) is 0 Å². The molecule has 1 aliphatic heterocycles. The molecule has 2 aromatic rings. The molecule has 1 amide bonds. The Balaban J connectivity index is 1.76. The van der Waals surface area contributed by atoms with E-state index in [4.69, 9.17) is 14.0 Å². The Labute approximate surface area is 145 Å². The third-order valence-corrected chi connectivity index (χ3v) is 4.05. The number of methoxy groups -OCH3 is 1. The number of ether oxygens (including phenoxy) is 2. The number of anilines is 1. The van der Waals surface area contributed by atoms with E-state index < -0.39 is 0 Å². The van der Waals surface area contributed by atoms with Crippen molar-refractivity contribution < 1.29 is 18.8 Å². The highest BCUT2D eigenvalue weighted by molar-refractivity contribution is 5.88. The molecule has 0 saturated carbocycles. The van der Waals surface area contributed by atoms with Gasteiger partial charge >= 0.3 is 0 Å². The number of hydrogen-bond acceptors (Lipinski definition) is 8. The van der Waals surface area contributed by atoms with Crippen LogP contribution in [0.1, 0.15) is 17.9 Å². The van der Waals surface area contributed by atoms with Gasteiger partial charge < -0.3 is 24.2 Å². The lowest BCUT2D eigenvalue weighted by molar-refractivity contribution is -0.121. The molecule has 136 valence electrons. The van der Waals surface area contributed by atoms with E-state index in [0.29, 0.717) is 50.7 Å². The van der Waals surface area contributed by atoms with Crippen molar-refractivity contribution >= 4 is 22.8 Å². The predicted molar refractivity (Wildman–Crippen MR) is 90.6 cm³/mol. The molecule has 1 fully saturated rings. The van der Waals surface area contributed by atoms with Gasteiger partial charge in [0.2, 0.25) is 5.91 Å². The molecule has 0 radical (unpaired) electrons. The molecule has 1 saturated heterocycles. The minimum atomic E-state index is -0.0533. The molecule has 1 aliphatic rings. The molecule has 0 unspecified atom stereocenters. The molecule has 9 heteroatoms. The van der Waals surface area contributed by atoms with Gasteiger partial charge in [-0.05, 0) is 6.92 Å². The monoisotopic (exact) mass is 349 g/mol. The molecule has 3 rings (SSSR count). The van der Waals surface area contributed by atoms with Gasteiger partial charge in [-0.25, -0.2) is 4.98 Å². The van der Waals surface area contributed by atoms with Crippen molar-refractivity contribution in [1.82, 2.24) is 20.4 Å². The summed E-state index contributed by atoms with van der Waals surface area (Å²) in [4.78, 5) is 23.1. The van der Waals surface area contributed by atoms with Gasteiger partial charge in [0, 0.05) is 39.6 Å². The first-order valence-corrected chi connectivity index (χ1v) is 8.40. The molecule has 25 heavy (non-hydrogen) atoms. The number of fused-ring (bicyclic) bond motifs is 1. The van der Waals surface area contributed by atoms with Crippen LogP contribution in [0.15, 0.2) is 4.52 Å². The third-order valence-electron chi connectivity index (χ3n) is 4.05. The van der Waals surface area contributed by atoms with Crippen molar-refractivity contribution in [3.05, 3.63) is 11.5 Å². The second-order valence-corrected chi connectivity index (χ2v) is 5.85.